The number of fused-ring (bicyclic) bond motifs is 1. The van der Waals surface area contributed by atoms with Gasteiger partial charge in [0, 0.05) is 0 Å². The molecule has 0 saturated carbocycles. The molecule has 0 saturated heterocycles. The lowest BCUT2D eigenvalue weighted by atomic mass is 9.99. The van der Waals surface area contributed by atoms with Gasteiger partial charge >= 0.3 is 5.69 Å². The number of para-hydroxylation sites is 1. The van der Waals surface area contributed by atoms with E-state index < -0.39 is 11.2 Å². The molecule has 0 amide bonds. The molecule has 6 nitrogen and oxygen atoms in total. The molecule has 0 aliphatic carbocycles. The van der Waals surface area contributed by atoms with Gasteiger partial charge in [0.2, 0.25) is 0 Å². The van der Waals surface area contributed by atoms with Gasteiger partial charge in [-0.15, -0.1) is 4.68 Å². The van der Waals surface area contributed by atoms with E-state index in [1.165, 1.54) is 6.21 Å². The molecular formula is C20H19Cl2N3O3. The van der Waals surface area contributed by atoms with Crippen LogP contribution in [0.2, 0.25) is 10.0 Å². The van der Waals surface area contributed by atoms with Gasteiger partial charge in [-0.2, -0.15) is 5.10 Å². The minimum atomic E-state index is -0.637. The fourth-order valence-electron chi connectivity index (χ4n) is 2.46. The fourth-order valence-corrected chi connectivity index (χ4v) is 3.08. The molecule has 28 heavy (non-hydrogen) atoms. The van der Waals surface area contributed by atoms with Gasteiger partial charge in [-0.3, -0.25) is 4.79 Å². The van der Waals surface area contributed by atoms with Crippen LogP contribution in [0, 0.1) is 5.41 Å². The Morgan fingerprint density at radius 3 is 2.43 bits per heavy atom. The van der Waals surface area contributed by atoms with Crippen LogP contribution in [0.4, 0.5) is 0 Å². The molecule has 2 aromatic carbocycles. The van der Waals surface area contributed by atoms with E-state index >= 15 is 0 Å². The molecule has 0 bridgehead atoms. The number of benzene rings is 2. The molecule has 1 heterocycles. The minimum Gasteiger partial charge on any atom is -0.490 e. The molecule has 0 spiro atoms. The van der Waals surface area contributed by atoms with Crippen molar-refractivity contribution in [3.05, 3.63) is 72.8 Å². The lowest BCUT2D eigenvalue weighted by molar-refractivity contribution is 0.198. The second kappa shape index (κ2) is 7.81. The Morgan fingerprint density at radius 2 is 1.79 bits per heavy atom. The Kier molecular flexibility index (Phi) is 5.63. The van der Waals surface area contributed by atoms with Crippen LogP contribution in [-0.2, 0) is 0 Å². The van der Waals surface area contributed by atoms with E-state index in [0.29, 0.717) is 38.9 Å². The van der Waals surface area contributed by atoms with E-state index in [1.54, 1.807) is 36.4 Å². The molecule has 0 aliphatic heterocycles. The van der Waals surface area contributed by atoms with Gasteiger partial charge in [-0.25, -0.2) is 4.79 Å². The number of ether oxygens (including phenoxy) is 1. The van der Waals surface area contributed by atoms with Gasteiger partial charge < -0.3 is 9.72 Å². The summed E-state index contributed by atoms with van der Waals surface area (Å²) in [5, 5.41) is 5.00. The van der Waals surface area contributed by atoms with Crippen molar-refractivity contribution in [2.45, 2.75) is 20.8 Å². The highest BCUT2D eigenvalue weighted by Crippen LogP contribution is 2.34. The first-order chi connectivity index (χ1) is 13.2. The SMILES string of the molecule is CC(C)(C)COc1c(Cl)cc(C=Nn2c(=O)[nH]c3ccccc3c2=O)cc1Cl. The standard InChI is InChI=1S/C20H19Cl2N3O3/c1-20(2,3)11-28-17-14(21)8-12(9-15(17)22)10-23-25-18(26)13-6-4-5-7-16(13)24-19(25)27/h4-10H,11H2,1-3H3,(H,24,27). The average molecular weight is 420 g/mol. The van der Waals surface area contributed by atoms with E-state index in [4.69, 9.17) is 27.9 Å². The fraction of sp³-hybridized carbons (Fsp3) is 0.250. The van der Waals surface area contributed by atoms with E-state index in [9.17, 15) is 9.59 Å². The van der Waals surface area contributed by atoms with Gasteiger partial charge in [-0.1, -0.05) is 56.1 Å². The van der Waals surface area contributed by atoms with Crippen molar-refractivity contribution in [3.8, 4) is 5.75 Å². The molecule has 0 fully saturated rings. The predicted molar refractivity (Wildman–Crippen MR) is 113 cm³/mol. The molecule has 1 N–H and O–H groups in total. The summed E-state index contributed by atoms with van der Waals surface area (Å²) in [5.41, 5.74) is -0.224. The van der Waals surface area contributed by atoms with E-state index in [2.05, 4.69) is 10.1 Å². The number of hydrogen-bond donors (Lipinski definition) is 1. The Bertz CT molecular complexity index is 1150. The predicted octanol–water partition coefficient (Wildman–Crippen LogP) is 4.30. The van der Waals surface area contributed by atoms with Crippen LogP contribution in [0.15, 0.2) is 51.1 Å². The summed E-state index contributed by atoms with van der Waals surface area (Å²) in [6.45, 7) is 6.56. The Hall–Kier alpha value is -2.57. The normalized spacial score (nSPS) is 12.0. The van der Waals surface area contributed by atoms with Gasteiger partial charge in [0.1, 0.15) is 0 Å². The summed E-state index contributed by atoms with van der Waals surface area (Å²) in [6.07, 6.45) is 1.34. The lowest BCUT2D eigenvalue weighted by Gasteiger charge is -2.20. The maximum Gasteiger partial charge on any atom is 0.349 e. The molecule has 0 atom stereocenters. The van der Waals surface area contributed by atoms with Crippen molar-refractivity contribution in [2.24, 2.45) is 10.5 Å². The third-order valence-corrected chi connectivity index (χ3v) is 4.34. The Morgan fingerprint density at radius 1 is 1.14 bits per heavy atom. The highest BCUT2D eigenvalue weighted by Gasteiger charge is 2.15. The molecule has 0 aliphatic rings. The van der Waals surface area contributed by atoms with E-state index in [0.717, 1.165) is 4.68 Å². The number of aromatic nitrogens is 2. The van der Waals surface area contributed by atoms with Crippen LogP contribution >= 0.6 is 23.2 Å². The first-order valence-electron chi connectivity index (χ1n) is 8.56. The van der Waals surface area contributed by atoms with Crippen molar-refractivity contribution in [1.29, 1.82) is 0 Å². The lowest BCUT2D eigenvalue weighted by Crippen LogP contribution is -2.32. The van der Waals surface area contributed by atoms with Crippen LogP contribution in [0.25, 0.3) is 10.9 Å². The summed E-state index contributed by atoms with van der Waals surface area (Å²) in [5.74, 6) is 0.385. The van der Waals surface area contributed by atoms with Crippen molar-refractivity contribution in [1.82, 2.24) is 9.66 Å². The molecule has 0 unspecified atom stereocenters. The smallest absolute Gasteiger partial charge is 0.349 e. The third-order valence-electron chi connectivity index (χ3n) is 3.78. The van der Waals surface area contributed by atoms with Crippen LogP contribution in [0.1, 0.15) is 26.3 Å². The zero-order chi connectivity index (χ0) is 20.5. The second-order valence-electron chi connectivity index (χ2n) is 7.50. The van der Waals surface area contributed by atoms with Gasteiger partial charge in [0.25, 0.3) is 5.56 Å². The minimum absolute atomic E-state index is 0.0505. The zero-order valence-corrected chi connectivity index (χ0v) is 17.1. The molecular weight excluding hydrogens is 401 g/mol. The number of aromatic amines is 1. The quantitative estimate of drug-likeness (QED) is 0.640. The van der Waals surface area contributed by atoms with Crippen LogP contribution in [0.3, 0.4) is 0 Å². The maximum atomic E-state index is 12.5. The molecule has 146 valence electrons. The van der Waals surface area contributed by atoms with E-state index in [-0.39, 0.29) is 5.41 Å². The van der Waals surface area contributed by atoms with Gasteiger partial charge in [0.05, 0.1) is 33.8 Å². The van der Waals surface area contributed by atoms with Crippen molar-refractivity contribution < 1.29 is 4.74 Å². The number of rotatable bonds is 4. The van der Waals surface area contributed by atoms with Crippen molar-refractivity contribution in [3.63, 3.8) is 0 Å². The van der Waals surface area contributed by atoms with Gasteiger partial charge in [-0.05, 0) is 35.2 Å². The number of nitrogens with one attached hydrogen (secondary N) is 1. The number of hydrogen-bond acceptors (Lipinski definition) is 4. The monoisotopic (exact) mass is 419 g/mol. The summed E-state index contributed by atoms with van der Waals surface area (Å²) in [6, 6.07) is 9.94. The first kappa shape index (κ1) is 20.2. The summed E-state index contributed by atoms with van der Waals surface area (Å²) in [7, 11) is 0. The van der Waals surface area contributed by atoms with Crippen LogP contribution in [-0.4, -0.2) is 22.5 Å². The highest BCUT2D eigenvalue weighted by molar-refractivity contribution is 6.37. The van der Waals surface area contributed by atoms with Crippen molar-refractivity contribution >= 4 is 40.3 Å². The molecule has 3 aromatic rings. The third kappa shape index (κ3) is 4.46. The number of nitrogens with zero attached hydrogens (tertiary/aromatic N) is 2. The Labute approximate surface area is 171 Å². The zero-order valence-electron chi connectivity index (χ0n) is 15.6. The second-order valence-corrected chi connectivity index (χ2v) is 8.31. The number of halogens is 2. The average Bonchev–Trinajstić information content (AvgIpc) is 2.60. The topological polar surface area (TPSA) is 76.5 Å². The summed E-state index contributed by atoms with van der Waals surface area (Å²) in [4.78, 5) is 27.3. The van der Waals surface area contributed by atoms with Crippen molar-refractivity contribution in [2.75, 3.05) is 6.61 Å². The largest absolute Gasteiger partial charge is 0.490 e. The summed E-state index contributed by atoms with van der Waals surface area (Å²) >= 11 is 12.6. The van der Waals surface area contributed by atoms with Gasteiger partial charge in [0.15, 0.2) is 5.75 Å². The maximum absolute atomic E-state index is 12.5. The number of H-pyrrole nitrogens is 1. The molecule has 1 aromatic heterocycles. The molecule has 0 radical (unpaired) electrons. The highest BCUT2D eigenvalue weighted by atomic mass is 35.5. The van der Waals surface area contributed by atoms with Crippen LogP contribution < -0.4 is 16.0 Å². The van der Waals surface area contributed by atoms with E-state index in [1.807, 2.05) is 20.8 Å². The molecule has 8 heteroatoms. The Balaban J connectivity index is 1.94. The summed E-state index contributed by atoms with van der Waals surface area (Å²) < 4.78 is 6.48. The van der Waals surface area contributed by atoms with Crippen LogP contribution in [0.5, 0.6) is 5.75 Å². The first-order valence-corrected chi connectivity index (χ1v) is 9.31. The molecule has 3 rings (SSSR count).